The number of ether oxygens (including phenoxy) is 2. The summed E-state index contributed by atoms with van der Waals surface area (Å²) in [6.07, 6.45) is 6.38. The van der Waals surface area contributed by atoms with Gasteiger partial charge >= 0.3 is 6.09 Å². The molecule has 4 aromatic rings. The van der Waals surface area contributed by atoms with Crippen molar-refractivity contribution in [3.63, 3.8) is 0 Å². The Kier molecular flexibility index (Phi) is 10.7. The zero-order chi connectivity index (χ0) is 46.1. The van der Waals surface area contributed by atoms with E-state index in [4.69, 9.17) is 14.5 Å². The van der Waals surface area contributed by atoms with Crippen LogP contribution in [0, 0.1) is 12.3 Å². The minimum atomic E-state index is -1.01. The zero-order valence-electron chi connectivity index (χ0n) is 37.6. The van der Waals surface area contributed by atoms with Gasteiger partial charge in [0.15, 0.2) is 0 Å². The van der Waals surface area contributed by atoms with E-state index < -0.39 is 41.4 Å². The van der Waals surface area contributed by atoms with Gasteiger partial charge in [-0.15, -0.1) is 0 Å². The summed E-state index contributed by atoms with van der Waals surface area (Å²) in [6.45, 7) is 12.5. The number of rotatable bonds is 7. The lowest BCUT2D eigenvalue weighted by atomic mass is 9.86. The van der Waals surface area contributed by atoms with Crippen molar-refractivity contribution >= 4 is 64.2 Å². The van der Waals surface area contributed by atoms with Gasteiger partial charge in [-0.25, -0.2) is 14.8 Å². The molecule has 3 fully saturated rings. The Bertz CT molecular complexity index is 2700. The van der Waals surface area contributed by atoms with Crippen LogP contribution in [0.4, 0.5) is 33.4 Å². The number of nitrogens with zero attached hydrogens (tertiary/aromatic N) is 7. The molecule has 0 bridgehead atoms. The Balaban J connectivity index is 0.740. The fraction of sp³-hybridized carbons (Fsp3) is 0.429. The number of likely N-dealkylation sites (tertiary alicyclic amines) is 1. The van der Waals surface area contributed by atoms with E-state index in [1.807, 2.05) is 75.3 Å². The highest BCUT2D eigenvalue weighted by atomic mass is 16.6. The van der Waals surface area contributed by atoms with Gasteiger partial charge in [-0.2, -0.15) is 0 Å². The van der Waals surface area contributed by atoms with E-state index in [-0.39, 0.29) is 41.7 Å². The summed E-state index contributed by atoms with van der Waals surface area (Å²) in [5.74, 6) is -0.858. The largest absolute Gasteiger partial charge is 0.474 e. The number of piperidine rings is 1. The molecule has 3 saturated heterocycles. The minimum absolute atomic E-state index is 0.0685. The van der Waals surface area contributed by atoms with E-state index in [1.165, 1.54) is 5.56 Å². The topological polar surface area (TPSA) is 187 Å². The number of carbonyl (C=O) groups is 6. The van der Waals surface area contributed by atoms with Crippen LogP contribution in [-0.2, 0) is 38.5 Å². The molecule has 6 aliphatic rings. The van der Waals surface area contributed by atoms with E-state index in [9.17, 15) is 28.8 Å². The van der Waals surface area contributed by atoms with Crippen molar-refractivity contribution in [3.05, 3.63) is 94.3 Å². The van der Waals surface area contributed by atoms with Crippen LogP contribution in [0.15, 0.2) is 60.9 Å². The number of aromatic nitrogens is 2. The number of nitrogens with one attached hydrogen (secondary N) is 2. The Labute approximate surface area is 382 Å². The van der Waals surface area contributed by atoms with Gasteiger partial charge in [0, 0.05) is 74.2 Å². The van der Waals surface area contributed by atoms with Crippen LogP contribution in [0.25, 0.3) is 0 Å². The van der Waals surface area contributed by atoms with E-state index in [0.717, 1.165) is 77.5 Å². The smallest absolute Gasteiger partial charge is 0.415 e. The van der Waals surface area contributed by atoms with Crippen LogP contribution in [0.5, 0.6) is 5.88 Å². The van der Waals surface area contributed by atoms with Crippen LogP contribution in [0.3, 0.4) is 0 Å². The predicted octanol–water partition coefficient (Wildman–Crippen LogP) is 5.30. The quantitative estimate of drug-likeness (QED) is 0.228. The van der Waals surface area contributed by atoms with Crippen molar-refractivity contribution in [3.8, 4) is 5.88 Å². The monoisotopic (exact) mass is 895 g/mol. The molecular weight excluding hydrogens is 843 g/mol. The third-order valence-corrected chi connectivity index (χ3v) is 13.7. The van der Waals surface area contributed by atoms with Gasteiger partial charge in [0.2, 0.25) is 23.6 Å². The molecule has 17 nitrogen and oxygen atoms in total. The lowest BCUT2D eigenvalue weighted by molar-refractivity contribution is -0.136. The predicted molar refractivity (Wildman–Crippen MR) is 244 cm³/mol. The molecule has 17 heteroatoms. The number of benzene rings is 2. The third kappa shape index (κ3) is 8.04. The zero-order valence-corrected chi connectivity index (χ0v) is 37.6. The molecule has 0 saturated carbocycles. The summed E-state index contributed by atoms with van der Waals surface area (Å²) in [4.78, 5) is 96.2. The Morgan fingerprint density at radius 2 is 1.67 bits per heavy atom. The lowest BCUT2D eigenvalue weighted by Crippen LogP contribution is -2.54. The summed E-state index contributed by atoms with van der Waals surface area (Å²) >= 11 is 0. The molecule has 0 radical (unpaired) electrons. The van der Waals surface area contributed by atoms with Gasteiger partial charge < -0.3 is 29.5 Å². The lowest BCUT2D eigenvalue weighted by Gasteiger charge is -2.35. The normalized spacial score (nSPS) is 21.5. The second kappa shape index (κ2) is 16.4. The molecule has 2 N–H and O–H groups in total. The first-order chi connectivity index (χ1) is 31.6. The molecule has 66 heavy (non-hydrogen) atoms. The second-order valence-electron chi connectivity index (χ2n) is 19.3. The number of amides is 6. The molecule has 10 rings (SSSR count). The summed E-state index contributed by atoms with van der Waals surface area (Å²) in [5, 5.41) is 5.68. The van der Waals surface area contributed by atoms with Crippen molar-refractivity contribution in [2.45, 2.75) is 84.4 Å². The van der Waals surface area contributed by atoms with E-state index in [0.29, 0.717) is 50.2 Å². The molecule has 6 amide bonds. The molecule has 0 aliphatic carbocycles. The Hall–Kier alpha value is -7.04. The van der Waals surface area contributed by atoms with Gasteiger partial charge in [-0.3, -0.25) is 39.1 Å². The van der Waals surface area contributed by atoms with Crippen LogP contribution in [-0.4, -0.2) is 113 Å². The van der Waals surface area contributed by atoms with Gasteiger partial charge in [-0.1, -0.05) is 12.1 Å². The standard InChI is InChI=1S/C49H53N9O8/c1-29-38(25-51-44-42(29)57(19-20-65-44)47(64)66-48(2,3)4)54-16-13-31-24-50-39(22-32(31)26-54)52-33-7-5-30(6-8-33)21-41(60)56-18-15-49(28-56)14-17-55(27-49)34-9-10-35-36(23-34)46(63)58(45(35)62)37-11-12-40(59)53-43(37)61/h5-10,22-25,37H,11-21,26-28H2,1-4H3,(H,50,52)(H,53,59,61). The highest BCUT2D eigenvalue weighted by Crippen LogP contribution is 2.43. The van der Waals surface area contributed by atoms with Crippen LogP contribution in [0.1, 0.15) is 89.4 Å². The van der Waals surface area contributed by atoms with Gasteiger partial charge in [-0.05, 0) is 106 Å². The fourth-order valence-corrected chi connectivity index (χ4v) is 10.3. The SMILES string of the molecule is Cc1c(N2CCc3cnc(Nc4ccc(CC(=O)N5CCC6(CCN(c7ccc8c(c7)C(=O)N(C7CCC(=O)NC7=O)C8=O)C6)C5)cc4)cc3C2)cnc2c1N(C(=O)OC(C)(C)C)CCO2. The minimum Gasteiger partial charge on any atom is -0.474 e. The highest BCUT2D eigenvalue weighted by molar-refractivity contribution is 6.23. The molecule has 1 spiro atoms. The number of carbonyl (C=O) groups excluding carboxylic acids is 6. The van der Waals surface area contributed by atoms with Gasteiger partial charge in [0.1, 0.15) is 29.8 Å². The molecule has 2 aromatic carbocycles. The molecular formula is C49H53N9O8. The van der Waals surface area contributed by atoms with Crippen LogP contribution < -0.4 is 30.1 Å². The van der Waals surface area contributed by atoms with Crippen LogP contribution in [0.2, 0.25) is 0 Å². The van der Waals surface area contributed by atoms with Gasteiger partial charge in [0.25, 0.3) is 11.8 Å². The first-order valence-electron chi connectivity index (χ1n) is 22.7. The molecule has 8 heterocycles. The number of hydrogen-bond donors (Lipinski definition) is 2. The van der Waals surface area contributed by atoms with Crippen molar-refractivity contribution < 1.29 is 38.2 Å². The van der Waals surface area contributed by atoms with Crippen molar-refractivity contribution in [1.82, 2.24) is 25.1 Å². The maximum absolute atomic E-state index is 13.7. The van der Waals surface area contributed by atoms with E-state index in [1.54, 1.807) is 17.0 Å². The maximum Gasteiger partial charge on any atom is 0.415 e. The summed E-state index contributed by atoms with van der Waals surface area (Å²) in [7, 11) is 0. The average molecular weight is 896 g/mol. The molecule has 2 unspecified atom stereocenters. The van der Waals surface area contributed by atoms with Crippen molar-refractivity contribution in [1.29, 1.82) is 0 Å². The first-order valence-corrected chi connectivity index (χ1v) is 22.7. The Morgan fingerprint density at radius 1 is 0.879 bits per heavy atom. The number of fused-ring (bicyclic) bond motifs is 3. The number of pyridine rings is 2. The number of imide groups is 2. The number of hydrogen-bond acceptors (Lipinski definition) is 13. The van der Waals surface area contributed by atoms with Crippen molar-refractivity contribution in [2.24, 2.45) is 5.41 Å². The maximum atomic E-state index is 13.7. The van der Waals surface area contributed by atoms with Gasteiger partial charge in [0.05, 0.1) is 36.0 Å². The van der Waals surface area contributed by atoms with E-state index in [2.05, 4.69) is 31.5 Å². The molecule has 6 aliphatic heterocycles. The fourth-order valence-electron chi connectivity index (χ4n) is 10.3. The molecule has 342 valence electrons. The van der Waals surface area contributed by atoms with E-state index >= 15 is 0 Å². The highest BCUT2D eigenvalue weighted by Gasteiger charge is 2.47. The summed E-state index contributed by atoms with van der Waals surface area (Å²) in [5.41, 5.74) is 7.22. The molecule has 2 atom stereocenters. The molecule has 2 aromatic heterocycles. The first kappa shape index (κ1) is 42.9. The van der Waals surface area contributed by atoms with Crippen LogP contribution >= 0.6 is 0 Å². The third-order valence-electron chi connectivity index (χ3n) is 13.7. The Morgan fingerprint density at radius 3 is 2.45 bits per heavy atom. The van der Waals surface area contributed by atoms with Crippen molar-refractivity contribution in [2.75, 3.05) is 65.9 Å². The summed E-state index contributed by atoms with van der Waals surface area (Å²) < 4.78 is 11.6. The summed E-state index contributed by atoms with van der Waals surface area (Å²) in [6, 6.07) is 14.2. The second-order valence-corrected chi connectivity index (χ2v) is 19.3. The number of anilines is 5. The average Bonchev–Trinajstić information content (AvgIpc) is 3.98.